The van der Waals surface area contributed by atoms with Crippen molar-refractivity contribution >= 4 is 0 Å². The van der Waals surface area contributed by atoms with Gasteiger partial charge in [-0.1, -0.05) is 6.92 Å². The Morgan fingerprint density at radius 3 is 1.67 bits per heavy atom. The van der Waals surface area contributed by atoms with Crippen LogP contribution in [-0.2, 0) is 19.5 Å². The number of halogens is 1. The van der Waals surface area contributed by atoms with Gasteiger partial charge >= 0.3 is 19.5 Å². The second-order valence-electron chi connectivity index (χ2n) is 0.702. The van der Waals surface area contributed by atoms with E-state index in [9.17, 15) is 5.11 Å². The third-order valence-corrected chi connectivity index (χ3v) is 0. The molecule has 0 amide bonds. The maximum absolute atomic E-state index is 9.33. The van der Waals surface area contributed by atoms with Gasteiger partial charge in [0, 0.05) is 0 Å². The zero-order chi connectivity index (χ0) is 3.58. The van der Waals surface area contributed by atoms with E-state index in [-0.39, 0.29) is 37.6 Å². The number of allylic oxidation sites excluding steroid dienone is 1. The maximum atomic E-state index is 9.33. The first-order chi connectivity index (χ1) is 1.73. The van der Waals surface area contributed by atoms with E-state index < -0.39 is 0 Å². The summed E-state index contributed by atoms with van der Waals surface area (Å²) in [6, 6.07) is 0. The topological polar surface area (TPSA) is 23.1 Å². The van der Waals surface area contributed by atoms with Crippen molar-refractivity contribution < 1.29 is 37.0 Å². The normalized spacial score (nSPS) is 4.17. The van der Waals surface area contributed by atoms with Crippen molar-refractivity contribution in [1.29, 1.82) is 0 Å². The molecule has 0 aromatic carbocycles. The fourth-order valence-corrected chi connectivity index (χ4v) is 0. The summed E-state index contributed by atoms with van der Waals surface area (Å²) in [5.41, 5.74) is 0. The van der Waals surface area contributed by atoms with Crippen LogP contribution >= 0.6 is 0 Å². The molecule has 0 aliphatic rings. The average molecular weight is 158 g/mol. The molecule has 0 spiro atoms. The number of hydrogen-bond donors (Lipinski definition) is 0. The van der Waals surface area contributed by atoms with Gasteiger partial charge in [0.2, 0.25) is 0 Å². The van der Waals surface area contributed by atoms with Crippen LogP contribution in [0.1, 0.15) is 6.92 Å². The van der Waals surface area contributed by atoms with Gasteiger partial charge < -0.3 is 17.5 Å². The fraction of sp³-hybridized carbons (Fsp3) is 0.333. The predicted octanol–water partition coefficient (Wildman–Crippen LogP) is -3.12. The van der Waals surface area contributed by atoms with E-state index in [0.29, 0.717) is 0 Å². The van der Waals surface area contributed by atoms with Crippen LogP contribution in [0.25, 0.3) is 0 Å². The smallest absolute Gasteiger partial charge is 1.00 e. The first-order valence-corrected chi connectivity index (χ1v) is 1.06. The van der Waals surface area contributed by atoms with Gasteiger partial charge in [0.1, 0.15) is 0 Å². The van der Waals surface area contributed by atoms with E-state index >= 15 is 0 Å². The van der Waals surface area contributed by atoms with Gasteiger partial charge in [-0.15, -0.1) is 12.3 Å². The van der Waals surface area contributed by atoms with Crippen molar-refractivity contribution in [3.63, 3.8) is 0 Å². The van der Waals surface area contributed by atoms with Gasteiger partial charge in [0.05, 0.1) is 0 Å². The molecule has 0 aromatic heterocycles. The Bertz CT molecular complexity index is 33.8. The van der Waals surface area contributed by atoms with Crippen LogP contribution in [0, 0.1) is 0 Å². The largest absolute Gasteiger partial charge is 2.00 e. The summed E-state index contributed by atoms with van der Waals surface area (Å²) >= 11 is 0. The third-order valence-electron chi connectivity index (χ3n) is 0. The summed E-state index contributed by atoms with van der Waals surface area (Å²) in [5.74, 6) is -0.0833. The van der Waals surface area contributed by atoms with E-state index in [1.165, 1.54) is 6.92 Å². The van der Waals surface area contributed by atoms with E-state index in [4.69, 9.17) is 0 Å². The molecule has 0 aliphatic heterocycles. The zero-order valence-electron chi connectivity index (χ0n) is 3.70. The minimum absolute atomic E-state index is 0. The van der Waals surface area contributed by atoms with Crippen molar-refractivity contribution in [1.82, 2.24) is 0 Å². The molecule has 0 saturated heterocycles. The van der Waals surface area contributed by atoms with Gasteiger partial charge in [0.25, 0.3) is 0 Å². The molecule has 0 atom stereocenters. The van der Waals surface area contributed by atoms with Crippen LogP contribution in [0.2, 0.25) is 0 Å². The molecule has 0 aromatic rings. The summed E-state index contributed by atoms with van der Waals surface area (Å²) < 4.78 is 0. The molecule has 0 unspecified atom stereocenters. The SMILES string of the molecule is C=C(C)[O-].[Cl-].[Zn+2]. The van der Waals surface area contributed by atoms with Gasteiger partial charge in [-0.05, 0) is 0 Å². The van der Waals surface area contributed by atoms with E-state index in [2.05, 4.69) is 6.58 Å². The Labute approximate surface area is 56.6 Å². The van der Waals surface area contributed by atoms with Gasteiger partial charge in [-0.2, -0.15) is 0 Å². The molecule has 0 radical (unpaired) electrons. The summed E-state index contributed by atoms with van der Waals surface area (Å²) in [6.45, 7) is 4.42. The van der Waals surface area contributed by atoms with Crippen molar-refractivity contribution in [3.05, 3.63) is 12.3 Å². The summed E-state index contributed by atoms with van der Waals surface area (Å²) in [5, 5.41) is 9.33. The first-order valence-electron chi connectivity index (χ1n) is 1.06. The van der Waals surface area contributed by atoms with Gasteiger partial charge in [-0.3, -0.25) is 0 Å². The Hall–Kier alpha value is 0.453. The molecule has 1 nitrogen and oxygen atoms in total. The molecule has 6 heavy (non-hydrogen) atoms. The summed E-state index contributed by atoms with van der Waals surface area (Å²) in [6.07, 6.45) is 0. The minimum Gasteiger partial charge on any atom is -1.00 e. The van der Waals surface area contributed by atoms with Gasteiger partial charge in [0.15, 0.2) is 0 Å². The fourth-order valence-electron chi connectivity index (χ4n) is 0. The predicted molar refractivity (Wildman–Crippen MR) is 14.8 cm³/mol. The quantitative estimate of drug-likeness (QED) is 0.270. The molecular formula is C3H5ClOZn. The number of hydrogen-bond acceptors (Lipinski definition) is 1. The van der Waals surface area contributed by atoms with Crippen molar-refractivity contribution in [2.24, 2.45) is 0 Å². The molecule has 0 bridgehead atoms. The van der Waals surface area contributed by atoms with Crippen molar-refractivity contribution in [2.45, 2.75) is 6.92 Å². The van der Waals surface area contributed by atoms with E-state index in [0.717, 1.165) is 0 Å². The van der Waals surface area contributed by atoms with Gasteiger partial charge in [-0.25, -0.2) is 0 Å². The molecule has 0 fully saturated rings. The van der Waals surface area contributed by atoms with Crippen LogP contribution < -0.4 is 17.5 Å². The van der Waals surface area contributed by atoms with Crippen LogP contribution in [-0.4, -0.2) is 0 Å². The minimum atomic E-state index is -0.0833. The van der Waals surface area contributed by atoms with Crippen LogP contribution in [0.3, 0.4) is 0 Å². The molecule has 0 N–H and O–H groups in total. The van der Waals surface area contributed by atoms with E-state index in [1.54, 1.807) is 0 Å². The molecule has 3 heteroatoms. The van der Waals surface area contributed by atoms with Crippen LogP contribution in [0.5, 0.6) is 0 Å². The monoisotopic (exact) mass is 156 g/mol. The maximum Gasteiger partial charge on any atom is 2.00 e. The summed E-state index contributed by atoms with van der Waals surface area (Å²) in [4.78, 5) is 0. The molecule has 0 aliphatic carbocycles. The summed E-state index contributed by atoms with van der Waals surface area (Å²) in [7, 11) is 0. The van der Waals surface area contributed by atoms with Crippen molar-refractivity contribution in [2.75, 3.05) is 0 Å². The molecule has 32 valence electrons. The third kappa shape index (κ3) is 258. The Morgan fingerprint density at radius 2 is 1.67 bits per heavy atom. The number of rotatable bonds is 0. The van der Waals surface area contributed by atoms with Crippen molar-refractivity contribution in [3.8, 4) is 0 Å². The first kappa shape index (κ1) is 16.1. The van der Waals surface area contributed by atoms with Crippen LogP contribution in [0.4, 0.5) is 0 Å². The standard InChI is InChI=1S/C3H6O.ClH.Zn/c1-3(2)4;;/h4H,1H2,2H3;1H;/q;;+2/p-2. The molecule has 0 heterocycles. The Morgan fingerprint density at radius 1 is 1.67 bits per heavy atom. The zero-order valence-corrected chi connectivity index (χ0v) is 7.42. The van der Waals surface area contributed by atoms with E-state index in [1.807, 2.05) is 0 Å². The molecule has 0 rings (SSSR count). The molecule has 0 saturated carbocycles. The Kier molecular flexibility index (Phi) is 24.3. The Balaban J connectivity index is -0.0000000450. The second kappa shape index (κ2) is 9.07. The van der Waals surface area contributed by atoms with Crippen LogP contribution in [0.15, 0.2) is 12.3 Å². The molecular weight excluding hydrogens is 153 g/mol. The second-order valence-corrected chi connectivity index (χ2v) is 0.702. The average Bonchev–Trinajstić information content (AvgIpc) is 0.811.